The average Bonchev–Trinajstić information content (AvgIpc) is 2.35. The molecule has 0 spiro atoms. The van der Waals surface area contributed by atoms with Crippen LogP contribution in [0.5, 0.6) is 0 Å². The molecular weight excluding hydrogens is 266 g/mol. The summed E-state index contributed by atoms with van der Waals surface area (Å²) in [6, 6.07) is 3.40. The highest BCUT2D eigenvalue weighted by molar-refractivity contribution is 5.91. The monoisotopic (exact) mass is 284 g/mol. The number of anilines is 1. The van der Waals surface area contributed by atoms with Crippen LogP contribution in [0.4, 0.5) is 14.5 Å². The fourth-order valence-corrected chi connectivity index (χ4v) is 1.67. The lowest BCUT2D eigenvalue weighted by molar-refractivity contribution is -0.124. The number of para-hydroxylation sites is 1. The van der Waals surface area contributed by atoms with Crippen LogP contribution < -0.4 is 10.2 Å². The molecule has 0 saturated carbocycles. The van der Waals surface area contributed by atoms with E-state index < -0.39 is 23.2 Å². The van der Waals surface area contributed by atoms with E-state index in [1.807, 2.05) is 0 Å². The number of hydrogen-bond acceptors (Lipinski definition) is 2. The predicted octanol–water partition coefficient (Wildman–Crippen LogP) is 2.09. The van der Waals surface area contributed by atoms with Gasteiger partial charge in [-0.3, -0.25) is 9.59 Å². The van der Waals surface area contributed by atoms with E-state index in [9.17, 15) is 18.4 Å². The zero-order valence-electron chi connectivity index (χ0n) is 11.7. The van der Waals surface area contributed by atoms with Gasteiger partial charge in [-0.15, -0.1) is 0 Å². The van der Waals surface area contributed by atoms with E-state index in [1.54, 1.807) is 13.8 Å². The molecule has 0 bridgehead atoms. The predicted molar refractivity (Wildman–Crippen MR) is 72.2 cm³/mol. The lowest BCUT2D eigenvalue weighted by Gasteiger charge is -2.22. The number of nitrogens with one attached hydrogen (secondary N) is 1. The molecule has 0 saturated heterocycles. The van der Waals surface area contributed by atoms with E-state index in [-0.39, 0.29) is 24.9 Å². The van der Waals surface area contributed by atoms with Crippen molar-refractivity contribution in [2.75, 3.05) is 18.0 Å². The molecule has 0 aliphatic carbocycles. The van der Waals surface area contributed by atoms with Crippen molar-refractivity contribution in [2.24, 2.45) is 5.92 Å². The van der Waals surface area contributed by atoms with Gasteiger partial charge in [0.2, 0.25) is 11.8 Å². The van der Waals surface area contributed by atoms with Gasteiger partial charge in [-0.25, -0.2) is 8.78 Å². The zero-order chi connectivity index (χ0) is 15.3. The van der Waals surface area contributed by atoms with Gasteiger partial charge in [0.25, 0.3) is 0 Å². The number of carbonyl (C=O) groups excluding carboxylic acids is 2. The van der Waals surface area contributed by atoms with E-state index in [4.69, 9.17) is 0 Å². The van der Waals surface area contributed by atoms with Crippen LogP contribution in [0.3, 0.4) is 0 Å². The van der Waals surface area contributed by atoms with Crippen LogP contribution in [0.15, 0.2) is 18.2 Å². The third kappa shape index (κ3) is 4.01. The van der Waals surface area contributed by atoms with Crippen LogP contribution in [0, 0.1) is 17.6 Å². The fourth-order valence-electron chi connectivity index (χ4n) is 1.67. The molecule has 0 unspecified atom stereocenters. The van der Waals surface area contributed by atoms with Crippen molar-refractivity contribution in [1.29, 1.82) is 0 Å². The summed E-state index contributed by atoms with van der Waals surface area (Å²) in [5.74, 6) is -2.48. The molecule has 1 rings (SSSR count). The van der Waals surface area contributed by atoms with Crippen molar-refractivity contribution in [2.45, 2.75) is 20.8 Å². The normalized spacial score (nSPS) is 10.5. The molecule has 6 heteroatoms. The van der Waals surface area contributed by atoms with Crippen molar-refractivity contribution in [1.82, 2.24) is 5.32 Å². The Balaban J connectivity index is 2.81. The highest BCUT2D eigenvalue weighted by atomic mass is 19.1. The van der Waals surface area contributed by atoms with Crippen molar-refractivity contribution in [3.8, 4) is 0 Å². The minimum Gasteiger partial charge on any atom is -0.354 e. The summed E-state index contributed by atoms with van der Waals surface area (Å²) < 4.78 is 27.3. The Kier molecular flexibility index (Phi) is 5.61. The molecule has 0 aliphatic heterocycles. The first-order chi connectivity index (χ1) is 9.34. The van der Waals surface area contributed by atoms with Crippen LogP contribution in [0.25, 0.3) is 0 Å². The molecule has 1 N–H and O–H groups in total. The first-order valence-corrected chi connectivity index (χ1v) is 6.34. The van der Waals surface area contributed by atoms with Gasteiger partial charge in [0, 0.05) is 25.9 Å². The summed E-state index contributed by atoms with van der Waals surface area (Å²) in [7, 11) is 0. The van der Waals surface area contributed by atoms with E-state index in [2.05, 4.69) is 5.32 Å². The summed E-state index contributed by atoms with van der Waals surface area (Å²) in [6.45, 7) is 4.81. The molecule has 2 amide bonds. The molecule has 0 atom stereocenters. The summed E-state index contributed by atoms with van der Waals surface area (Å²) in [4.78, 5) is 23.9. The summed E-state index contributed by atoms with van der Waals surface area (Å²) in [5.41, 5.74) is -0.390. The van der Waals surface area contributed by atoms with Gasteiger partial charge in [0.1, 0.15) is 17.3 Å². The molecule has 4 nitrogen and oxygen atoms in total. The van der Waals surface area contributed by atoms with Gasteiger partial charge in [0.15, 0.2) is 0 Å². The van der Waals surface area contributed by atoms with Gasteiger partial charge in [-0.1, -0.05) is 19.9 Å². The first-order valence-electron chi connectivity index (χ1n) is 6.34. The molecule has 0 radical (unpaired) electrons. The Morgan fingerprint density at radius 1 is 1.25 bits per heavy atom. The Labute approximate surface area is 116 Å². The molecule has 20 heavy (non-hydrogen) atoms. The molecular formula is C14H18F2N2O2. The first kappa shape index (κ1) is 16.1. The van der Waals surface area contributed by atoms with E-state index in [1.165, 1.54) is 13.0 Å². The van der Waals surface area contributed by atoms with Crippen LogP contribution in [0.2, 0.25) is 0 Å². The second-order valence-corrected chi connectivity index (χ2v) is 4.69. The third-order valence-electron chi connectivity index (χ3n) is 2.75. The Morgan fingerprint density at radius 3 is 2.25 bits per heavy atom. The zero-order valence-corrected chi connectivity index (χ0v) is 11.7. The molecule has 1 aromatic rings. The second-order valence-electron chi connectivity index (χ2n) is 4.69. The average molecular weight is 284 g/mol. The largest absolute Gasteiger partial charge is 0.354 e. The maximum absolute atomic E-state index is 13.7. The van der Waals surface area contributed by atoms with Gasteiger partial charge >= 0.3 is 0 Å². The van der Waals surface area contributed by atoms with Crippen molar-refractivity contribution >= 4 is 17.5 Å². The number of benzene rings is 1. The van der Waals surface area contributed by atoms with Gasteiger partial charge in [-0.05, 0) is 12.1 Å². The topological polar surface area (TPSA) is 49.4 Å². The van der Waals surface area contributed by atoms with Crippen molar-refractivity contribution in [3.05, 3.63) is 29.8 Å². The van der Waals surface area contributed by atoms with Crippen LogP contribution >= 0.6 is 0 Å². The van der Waals surface area contributed by atoms with Crippen molar-refractivity contribution in [3.63, 3.8) is 0 Å². The third-order valence-corrected chi connectivity index (χ3v) is 2.75. The molecule has 0 aliphatic rings. The number of amides is 2. The minimum atomic E-state index is -0.810. The van der Waals surface area contributed by atoms with Gasteiger partial charge in [0.05, 0.1) is 0 Å². The number of nitrogens with zero attached hydrogens (tertiary/aromatic N) is 1. The minimum absolute atomic E-state index is 0.00560. The standard InChI is InChI=1S/C14H18F2N2O2/c1-9(2)14(20)17-7-8-18(10(3)19)13-11(15)5-4-6-12(13)16/h4-6,9H,7-8H2,1-3H3,(H,17,20). The molecule has 1 aromatic carbocycles. The van der Waals surface area contributed by atoms with Crippen LogP contribution in [0.1, 0.15) is 20.8 Å². The van der Waals surface area contributed by atoms with Crippen LogP contribution in [-0.2, 0) is 9.59 Å². The fraction of sp³-hybridized carbons (Fsp3) is 0.429. The molecule has 0 fully saturated rings. The van der Waals surface area contributed by atoms with Crippen LogP contribution in [-0.4, -0.2) is 24.9 Å². The number of rotatable bonds is 5. The lowest BCUT2D eigenvalue weighted by atomic mass is 10.2. The number of hydrogen-bond donors (Lipinski definition) is 1. The van der Waals surface area contributed by atoms with Gasteiger partial charge < -0.3 is 10.2 Å². The van der Waals surface area contributed by atoms with Gasteiger partial charge in [-0.2, -0.15) is 0 Å². The van der Waals surface area contributed by atoms with E-state index in [0.717, 1.165) is 17.0 Å². The quantitative estimate of drug-likeness (QED) is 0.900. The van der Waals surface area contributed by atoms with E-state index in [0.29, 0.717) is 0 Å². The highest BCUT2D eigenvalue weighted by Crippen LogP contribution is 2.22. The Bertz CT molecular complexity index is 484. The molecule has 110 valence electrons. The van der Waals surface area contributed by atoms with E-state index >= 15 is 0 Å². The Hall–Kier alpha value is -1.98. The Morgan fingerprint density at radius 2 is 1.80 bits per heavy atom. The number of carbonyl (C=O) groups is 2. The summed E-state index contributed by atoms with van der Waals surface area (Å²) in [5, 5.41) is 2.60. The maximum atomic E-state index is 13.7. The highest BCUT2D eigenvalue weighted by Gasteiger charge is 2.20. The lowest BCUT2D eigenvalue weighted by Crippen LogP contribution is -2.39. The number of halogens is 2. The van der Waals surface area contributed by atoms with Crippen molar-refractivity contribution < 1.29 is 18.4 Å². The summed E-state index contributed by atoms with van der Waals surface area (Å²) in [6.07, 6.45) is 0. The molecule has 0 heterocycles. The maximum Gasteiger partial charge on any atom is 0.224 e. The smallest absolute Gasteiger partial charge is 0.224 e. The SMILES string of the molecule is CC(=O)N(CCNC(=O)C(C)C)c1c(F)cccc1F. The summed E-state index contributed by atoms with van der Waals surface area (Å²) >= 11 is 0. The second kappa shape index (κ2) is 6.98. The molecule has 0 aromatic heterocycles.